The quantitative estimate of drug-likeness (QED) is 0.334. The minimum Gasteiger partial charge on any atom is -0.464 e. The highest BCUT2D eigenvalue weighted by atomic mass is 16.7. The molecule has 1 saturated carbocycles. The van der Waals surface area contributed by atoms with Crippen LogP contribution in [0.2, 0.25) is 0 Å². The number of fused-ring (bicyclic) bond motifs is 1. The molecule has 170 valence electrons. The molecule has 0 amide bonds. The number of hydrogen-bond acceptors (Lipinski definition) is 2. The first-order valence-electron chi connectivity index (χ1n) is 12.4. The molecule has 3 aromatic rings. The molecule has 32 heavy (non-hydrogen) atoms. The largest absolute Gasteiger partial charge is 0.464 e. The molecule has 2 atom stereocenters. The van der Waals surface area contributed by atoms with Crippen molar-refractivity contribution in [1.29, 1.82) is 0 Å². The van der Waals surface area contributed by atoms with Crippen molar-refractivity contribution >= 4 is 10.8 Å². The first kappa shape index (κ1) is 22.9. The summed E-state index contributed by atoms with van der Waals surface area (Å²) in [7, 11) is 0. The summed E-state index contributed by atoms with van der Waals surface area (Å²) < 4.78 is 13.3. The molecule has 0 N–H and O–H groups in total. The molecule has 3 aromatic carbocycles. The van der Waals surface area contributed by atoms with Crippen LogP contribution in [0.15, 0.2) is 66.7 Å². The highest BCUT2D eigenvalue weighted by molar-refractivity contribution is 5.86. The van der Waals surface area contributed by atoms with Gasteiger partial charge in [0.05, 0.1) is 11.5 Å². The Labute approximate surface area is 194 Å². The topological polar surface area (TPSA) is 18.5 Å². The van der Waals surface area contributed by atoms with Gasteiger partial charge in [-0.3, -0.25) is 0 Å². The molecule has 0 saturated heterocycles. The molecule has 2 nitrogen and oxygen atoms in total. The fourth-order valence-electron chi connectivity index (χ4n) is 5.23. The van der Waals surface area contributed by atoms with Crippen LogP contribution in [0.4, 0.5) is 0 Å². The smallest absolute Gasteiger partial charge is 0.209 e. The number of benzene rings is 3. The van der Waals surface area contributed by atoms with Crippen LogP contribution in [0, 0.1) is 0 Å². The zero-order valence-electron chi connectivity index (χ0n) is 20.1. The van der Waals surface area contributed by atoms with E-state index in [1.165, 1.54) is 41.2 Å². The average molecular weight is 431 g/mol. The van der Waals surface area contributed by atoms with Crippen molar-refractivity contribution < 1.29 is 9.47 Å². The lowest BCUT2D eigenvalue weighted by Gasteiger charge is -2.44. The van der Waals surface area contributed by atoms with Gasteiger partial charge in [0.1, 0.15) is 5.75 Å². The monoisotopic (exact) mass is 430 g/mol. The van der Waals surface area contributed by atoms with Gasteiger partial charge in [0.25, 0.3) is 0 Å². The summed E-state index contributed by atoms with van der Waals surface area (Å²) in [6.45, 7) is 8.74. The summed E-state index contributed by atoms with van der Waals surface area (Å²) in [4.78, 5) is 0. The van der Waals surface area contributed by atoms with E-state index in [9.17, 15) is 0 Å². The van der Waals surface area contributed by atoms with Crippen molar-refractivity contribution in [2.24, 2.45) is 0 Å². The van der Waals surface area contributed by atoms with Gasteiger partial charge in [-0.25, -0.2) is 0 Å². The maximum absolute atomic E-state index is 6.72. The van der Waals surface area contributed by atoms with Crippen LogP contribution in [0.3, 0.4) is 0 Å². The lowest BCUT2D eigenvalue weighted by atomic mass is 9.67. The predicted octanol–water partition coefficient (Wildman–Crippen LogP) is 8.39. The molecule has 2 unspecified atom stereocenters. The van der Waals surface area contributed by atoms with Gasteiger partial charge in [0.15, 0.2) is 0 Å². The van der Waals surface area contributed by atoms with Crippen LogP contribution in [-0.2, 0) is 10.2 Å². The minimum atomic E-state index is -0.317. The Morgan fingerprint density at radius 2 is 1.50 bits per heavy atom. The Kier molecular flexibility index (Phi) is 7.20. The maximum atomic E-state index is 6.72. The standard InChI is InChI=1S/C30H38O2/c1-5-23(4)24-16-18-26(19-17-24)32-29(31-22(2)3)30(20-9-6-10-21-30)28-15-11-13-25-12-7-8-14-27(25)28/h7-8,11-19,22-23,29H,5-6,9-10,20-21H2,1-4H3. The highest BCUT2D eigenvalue weighted by Crippen LogP contribution is 2.46. The second kappa shape index (κ2) is 10.1. The van der Waals surface area contributed by atoms with Crippen LogP contribution in [0.1, 0.15) is 83.3 Å². The molecule has 1 aliphatic rings. The number of hydrogen-bond donors (Lipinski definition) is 0. The van der Waals surface area contributed by atoms with Gasteiger partial charge in [0, 0.05) is 0 Å². The summed E-state index contributed by atoms with van der Waals surface area (Å²) >= 11 is 0. The molecule has 0 bridgehead atoms. The van der Waals surface area contributed by atoms with Gasteiger partial charge in [-0.1, -0.05) is 87.7 Å². The Balaban J connectivity index is 1.75. The van der Waals surface area contributed by atoms with Crippen molar-refractivity contribution in [3.63, 3.8) is 0 Å². The predicted molar refractivity (Wildman–Crippen MR) is 134 cm³/mol. The third-order valence-corrected chi connectivity index (χ3v) is 7.22. The third-order valence-electron chi connectivity index (χ3n) is 7.22. The number of ether oxygens (including phenoxy) is 2. The van der Waals surface area contributed by atoms with E-state index in [1.54, 1.807) is 0 Å². The highest BCUT2D eigenvalue weighted by Gasteiger charge is 2.45. The fraction of sp³-hybridized carbons (Fsp3) is 0.467. The Hall–Kier alpha value is -2.32. The Bertz CT molecular complexity index is 994. The fourth-order valence-corrected chi connectivity index (χ4v) is 5.23. The molecular formula is C30H38O2. The van der Waals surface area contributed by atoms with Gasteiger partial charge in [-0.2, -0.15) is 0 Å². The van der Waals surface area contributed by atoms with E-state index in [0.29, 0.717) is 5.92 Å². The van der Waals surface area contributed by atoms with Gasteiger partial charge >= 0.3 is 0 Å². The molecule has 0 heterocycles. The summed E-state index contributed by atoms with van der Waals surface area (Å²) in [5.74, 6) is 1.46. The molecule has 2 heteroatoms. The molecular weight excluding hydrogens is 392 g/mol. The van der Waals surface area contributed by atoms with Gasteiger partial charge in [0.2, 0.25) is 6.29 Å². The van der Waals surface area contributed by atoms with Crippen molar-refractivity contribution in [1.82, 2.24) is 0 Å². The van der Waals surface area contributed by atoms with Crippen LogP contribution >= 0.6 is 0 Å². The molecule has 4 rings (SSSR count). The van der Waals surface area contributed by atoms with Crippen molar-refractivity contribution in [2.75, 3.05) is 0 Å². The molecule has 0 aromatic heterocycles. The van der Waals surface area contributed by atoms with Gasteiger partial charge in [-0.05, 0) is 73.1 Å². The normalized spacial score (nSPS) is 17.9. The second-order valence-corrected chi connectivity index (χ2v) is 9.76. The molecule has 0 aliphatic heterocycles. The van der Waals surface area contributed by atoms with E-state index in [0.717, 1.165) is 25.0 Å². The Morgan fingerprint density at radius 1 is 0.812 bits per heavy atom. The maximum Gasteiger partial charge on any atom is 0.209 e. The van der Waals surface area contributed by atoms with E-state index >= 15 is 0 Å². The zero-order valence-corrected chi connectivity index (χ0v) is 20.1. The van der Waals surface area contributed by atoms with Gasteiger partial charge < -0.3 is 9.47 Å². The summed E-state index contributed by atoms with van der Waals surface area (Å²) in [5.41, 5.74) is 2.58. The van der Waals surface area contributed by atoms with Crippen LogP contribution in [-0.4, -0.2) is 12.4 Å². The molecule has 0 radical (unpaired) electrons. The zero-order chi connectivity index (χ0) is 22.6. The first-order valence-corrected chi connectivity index (χ1v) is 12.4. The van der Waals surface area contributed by atoms with E-state index in [2.05, 4.69) is 94.4 Å². The summed E-state index contributed by atoms with van der Waals surface area (Å²) in [6, 6.07) is 24.1. The lowest BCUT2D eigenvalue weighted by Crippen LogP contribution is -2.47. The van der Waals surface area contributed by atoms with Gasteiger partial charge in [-0.15, -0.1) is 0 Å². The molecule has 0 spiro atoms. The average Bonchev–Trinajstić information content (AvgIpc) is 2.83. The van der Waals surface area contributed by atoms with Crippen LogP contribution in [0.25, 0.3) is 10.8 Å². The van der Waals surface area contributed by atoms with E-state index in [4.69, 9.17) is 9.47 Å². The second-order valence-electron chi connectivity index (χ2n) is 9.76. The van der Waals surface area contributed by atoms with Crippen LogP contribution in [0.5, 0.6) is 5.75 Å². The lowest BCUT2D eigenvalue weighted by molar-refractivity contribution is -0.159. The van der Waals surface area contributed by atoms with Crippen molar-refractivity contribution in [3.05, 3.63) is 77.9 Å². The van der Waals surface area contributed by atoms with Crippen molar-refractivity contribution in [2.45, 2.75) is 89.9 Å². The molecule has 1 fully saturated rings. The summed E-state index contributed by atoms with van der Waals surface area (Å²) in [6.07, 6.45) is 6.78. The minimum absolute atomic E-state index is 0.0909. The molecule has 1 aliphatic carbocycles. The third kappa shape index (κ3) is 4.71. The Morgan fingerprint density at radius 3 is 2.19 bits per heavy atom. The van der Waals surface area contributed by atoms with E-state index in [-0.39, 0.29) is 17.8 Å². The SMILES string of the molecule is CCC(C)c1ccc(OC(OC(C)C)C2(c3cccc4ccccc34)CCCCC2)cc1. The van der Waals surface area contributed by atoms with E-state index < -0.39 is 0 Å². The van der Waals surface area contributed by atoms with Crippen molar-refractivity contribution in [3.8, 4) is 5.75 Å². The van der Waals surface area contributed by atoms with Crippen LogP contribution < -0.4 is 4.74 Å². The first-order chi connectivity index (χ1) is 15.5. The number of rotatable bonds is 8. The summed E-state index contributed by atoms with van der Waals surface area (Å²) in [5, 5.41) is 2.61. The van der Waals surface area contributed by atoms with E-state index in [1.807, 2.05) is 0 Å².